The first-order valence-corrected chi connectivity index (χ1v) is 10.4. The highest BCUT2D eigenvalue weighted by Crippen LogP contribution is 2.21. The summed E-state index contributed by atoms with van der Waals surface area (Å²) in [5, 5.41) is 3.05. The van der Waals surface area contributed by atoms with Gasteiger partial charge in [-0.3, -0.25) is 9.10 Å². The van der Waals surface area contributed by atoms with Crippen molar-refractivity contribution >= 4 is 21.6 Å². The van der Waals surface area contributed by atoms with E-state index in [1.807, 2.05) is 13.0 Å². The summed E-state index contributed by atoms with van der Waals surface area (Å²) in [5.41, 5.74) is 4.52. The first-order valence-electron chi connectivity index (χ1n) is 8.55. The van der Waals surface area contributed by atoms with Crippen molar-refractivity contribution in [3.05, 3.63) is 64.7 Å². The van der Waals surface area contributed by atoms with E-state index in [2.05, 4.69) is 31.3 Å². The van der Waals surface area contributed by atoms with E-state index in [1.165, 1.54) is 22.5 Å². The van der Waals surface area contributed by atoms with Crippen molar-refractivity contribution in [2.24, 2.45) is 0 Å². The number of aryl methyl sites for hydroxylation is 2. The fourth-order valence-corrected chi connectivity index (χ4v) is 3.16. The summed E-state index contributed by atoms with van der Waals surface area (Å²) in [6, 6.07) is 12.7. The van der Waals surface area contributed by atoms with Crippen molar-refractivity contribution in [3.8, 4) is 0 Å². The van der Waals surface area contributed by atoms with Crippen molar-refractivity contribution < 1.29 is 13.2 Å². The molecule has 2 aromatic carbocycles. The molecule has 0 aliphatic carbocycles. The van der Waals surface area contributed by atoms with Crippen molar-refractivity contribution in [3.63, 3.8) is 0 Å². The lowest BCUT2D eigenvalue weighted by Gasteiger charge is -2.19. The molecule has 0 radical (unpaired) electrons. The molecule has 0 fully saturated rings. The third-order valence-corrected chi connectivity index (χ3v) is 5.84. The van der Waals surface area contributed by atoms with Crippen LogP contribution in [-0.2, 0) is 10.0 Å². The number of nitrogens with one attached hydrogen (secondary N) is 1. The smallest absolute Gasteiger partial charge is 0.251 e. The predicted octanol–water partition coefficient (Wildman–Crippen LogP) is 3.58. The highest BCUT2D eigenvalue weighted by molar-refractivity contribution is 7.92. The Labute approximate surface area is 156 Å². The lowest BCUT2D eigenvalue weighted by molar-refractivity contribution is 0.0935. The van der Waals surface area contributed by atoms with Gasteiger partial charge in [0.15, 0.2) is 0 Å². The highest BCUT2D eigenvalue weighted by Gasteiger charge is 2.16. The molecule has 26 heavy (non-hydrogen) atoms. The van der Waals surface area contributed by atoms with Crippen LogP contribution < -0.4 is 9.62 Å². The average Bonchev–Trinajstić information content (AvgIpc) is 2.60. The van der Waals surface area contributed by atoms with Gasteiger partial charge in [-0.15, -0.1) is 0 Å². The van der Waals surface area contributed by atoms with Crippen molar-refractivity contribution in [2.75, 3.05) is 17.6 Å². The molecule has 1 N–H and O–H groups in total. The van der Waals surface area contributed by atoms with Gasteiger partial charge in [0.1, 0.15) is 0 Å². The maximum Gasteiger partial charge on any atom is 0.251 e. The fourth-order valence-electron chi connectivity index (χ4n) is 2.66. The fraction of sp³-hybridized carbons (Fsp3) is 0.350. The molecule has 0 saturated heterocycles. The van der Waals surface area contributed by atoms with E-state index >= 15 is 0 Å². The molecule has 2 rings (SSSR count). The number of sulfonamides is 1. The third-order valence-electron chi connectivity index (χ3n) is 4.64. The Morgan fingerprint density at radius 3 is 2.19 bits per heavy atom. The SMILES string of the molecule is CC[C@@H](NC(=O)c1ccc(N(C)S(C)(=O)=O)cc1)c1ccc(C)c(C)c1. The summed E-state index contributed by atoms with van der Waals surface area (Å²) in [7, 11) is -1.84. The molecule has 0 aromatic heterocycles. The number of amides is 1. The third kappa shape index (κ3) is 4.64. The largest absolute Gasteiger partial charge is 0.345 e. The van der Waals surface area contributed by atoms with E-state index in [1.54, 1.807) is 24.3 Å². The number of anilines is 1. The van der Waals surface area contributed by atoms with E-state index in [0.29, 0.717) is 11.3 Å². The highest BCUT2D eigenvalue weighted by atomic mass is 32.2. The van der Waals surface area contributed by atoms with Gasteiger partial charge in [0.25, 0.3) is 5.91 Å². The molecule has 2 aromatic rings. The topological polar surface area (TPSA) is 66.5 Å². The van der Waals surface area contributed by atoms with Crippen LogP contribution >= 0.6 is 0 Å². The van der Waals surface area contributed by atoms with Crippen LogP contribution in [0.4, 0.5) is 5.69 Å². The van der Waals surface area contributed by atoms with Gasteiger partial charge in [-0.2, -0.15) is 0 Å². The summed E-state index contributed by atoms with van der Waals surface area (Å²) in [5.74, 6) is -0.177. The second-order valence-corrected chi connectivity index (χ2v) is 8.57. The first kappa shape index (κ1) is 20.0. The van der Waals surface area contributed by atoms with Crippen LogP contribution in [-0.4, -0.2) is 27.6 Å². The molecule has 140 valence electrons. The lowest BCUT2D eigenvalue weighted by Crippen LogP contribution is -2.28. The van der Waals surface area contributed by atoms with Crippen LogP contribution in [0.1, 0.15) is 46.4 Å². The molecule has 5 nitrogen and oxygen atoms in total. The monoisotopic (exact) mass is 374 g/mol. The molecular formula is C20H26N2O3S. The van der Waals surface area contributed by atoms with Gasteiger partial charge in [-0.05, 0) is 61.2 Å². The molecule has 1 atom stereocenters. The van der Waals surface area contributed by atoms with Crippen LogP contribution in [0, 0.1) is 13.8 Å². The van der Waals surface area contributed by atoms with Crippen LogP contribution in [0.15, 0.2) is 42.5 Å². The van der Waals surface area contributed by atoms with Crippen molar-refractivity contribution in [2.45, 2.75) is 33.2 Å². The molecule has 0 saturated carbocycles. The number of rotatable bonds is 6. The standard InChI is InChI=1S/C20H26N2O3S/c1-6-19(17-8-7-14(2)15(3)13-17)21-20(23)16-9-11-18(12-10-16)22(4)26(5,24)25/h7-13,19H,6H2,1-5H3,(H,21,23)/t19-/m1/s1. The Bertz CT molecular complexity index is 890. The number of hydrogen-bond donors (Lipinski definition) is 1. The van der Waals surface area contributed by atoms with E-state index < -0.39 is 10.0 Å². The molecule has 1 amide bonds. The average molecular weight is 375 g/mol. The second-order valence-electron chi connectivity index (χ2n) is 6.56. The molecule has 0 aliphatic rings. The molecule has 0 heterocycles. The molecule has 0 bridgehead atoms. The van der Waals surface area contributed by atoms with E-state index in [9.17, 15) is 13.2 Å². The van der Waals surface area contributed by atoms with Gasteiger partial charge in [-0.1, -0.05) is 25.1 Å². The zero-order valence-electron chi connectivity index (χ0n) is 15.9. The van der Waals surface area contributed by atoms with E-state index in [-0.39, 0.29) is 11.9 Å². The Morgan fingerprint density at radius 2 is 1.69 bits per heavy atom. The Hall–Kier alpha value is -2.34. The van der Waals surface area contributed by atoms with Gasteiger partial charge in [0.2, 0.25) is 10.0 Å². The van der Waals surface area contributed by atoms with Crippen molar-refractivity contribution in [1.29, 1.82) is 0 Å². The zero-order chi connectivity index (χ0) is 19.5. The maximum absolute atomic E-state index is 12.6. The minimum Gasteiger partial charge on any atom is -0.345 e. The normalized spacial score (nSPS) is 12.5. The van der Waals surface area contributed by atoms with Gasteiger partial charge >= 0.3 is 0 Å². The minimum absolute atomic E-state index is 0.0693. The number of carbonyl (C=O) groups is 1. The quantitative estimate of drug-likeness (QED) is 0.840. The minimum atomic E-state index is -3.32. The molecule has 6 heteroatoms. The summed E-state index contributed by atoms with van der Waals surface area (Å²) < 4.78 is 24.4. The Morgan fingerprint density at radius 1 is 1.08 bits per heavy atom. The molecule has 0 spiro atoms. The lowest BCUT2D eigenvalue weighted by atomic mass is 9.99. The van der Waals surface area contributed by atoms with Gasteiger partial charge in [0.05, 0.1) is 18.0 Å². The van der Waals surface area contributed by atoms with Crippen molar-refractivity contribution in [1.82, 2.24) is 5.32 Å². The number of nitrogens with zero attached hydrogens (tertiary/aromatic N) is 1. The van der Waals surface area contributed by atoms with Crippen LogP contribution in [0.2, 0.25) is 0 Å². The first-order chi connectivity index (χ1) is 12.1. The maximum atomic E-state index is 12.6. The Kier molecular flexibility index (Phi) is 6.08. The molecule has 0 unspecified atom stereocenters. The van der Waals surface area contributed by atoms with Crippen LogP contribution in [0.25, 0.3) is 0 Å². The number of hydrogen-bond acceptors (Lipinski definition) is 3. The summed E-state index contributed by atoms with van der Waals surface area (Å²) in [6.45, 7) is 6.16. The number of carbonyl (C=O) groups excluding carboxylic acids is 1. The van der Waals surface area contributed by atoms with Crippen LogP contribution in [0.3, 0.4) is 0 Å². The van der Waals surface area contributed by atoms with Crippen LogP contribution in [0.5, 0.6) is 0 Å². The van der Waals surface area contributed by atoms with Gasteiger partial charge in [0, 0.05) is 12.6 Å². The van der Waals surface area contributed by atoms with Gasteiger partial charge < -0.3 is 5.32 Å². The molecule has 0 aliphatic heterocycles. The predicted molar refractivity (Wildman–Crippen MR) is 106 cm³/mol. The zero-order valence-corrected chi connectivity index (χ0v) is 16.7. The van der Waals surface area contributed by atoms with Gasteiger partial charge in [-0.25, -0.2) is 8.42 Å². The summed E-state index contributed by atoms with van der Waals surface area (Å²) in [4.78, 5) is 12.6. The summed E-state index contributed by atoms with van der Waals surface area (Å²) >= 11 is 0. The molecular weight excluding hydrogens is 348 g/mol. The van der Waals surface area contributed by atoms with E-state index in [0.717, 1.165) is 18.2 Å². The second kappa shape index (κ2) is 7.91. The Balaban J connectivity index is 2.16. The van der Waals surface area contributed by atoms with E-state index in [4.69, 9.17) is 0 Å². The summed E-state index contributed by atoms with van der Waals surface area (Å²) in [6.07, 6.45) is 1.92. The number of benzene rings is 2.